The molecule has 2 aliphatic rings. The van der Waals surface area contributed by atoms with Crippen molar-refractivity contribution in [1.29, 1.82) is 0 Å². The number of piperazine rings is 1. The van der Waals surface area contributed by atoms with Gasteiger partial charge >= 0.3 is 12.1 Å². The molecule has 2 fully saturated rings. The molecule has 1 saturated carbocycles. The third kappa shape index (κ3) is 6.58. The van der Waals surface area contributed by atoms with Crippen molar-refractivity contribution in [3.63, 3.8) is 0 Å². The van der Waals surface area contributed by atoms with E-state index in [0.29, 0.717) is 0 Å². The number of halogens is 3. The summed E-state index contributed by atoms with van der Waals surface area (Å²) in [6.45, 7) is 0.464. The minimum absolute atomic E-state index is 0.0262. The van der Waals surface area contributed by atoms with Crippen LogP contribution in [0.15, 0.2) is 29.2 Å². The van der Waals surface area contributed by atoms with Gasteiger partial charge in [-0.3, -0.25) is 4.79 Å². The van der Waals surface area contributed by atoms with Crippen LogP contribution < -0.4 is 9.62 Å². The monoisotopic (exact) mass is 461 g/mol. The van der Waals surface area contributed by atoms with Crippen molar-refractivity contribution in [3.05, 3.63) is 24.3 Å². The molecule has 1 amide bonds. The number of alkyl halides is 3. The second-order valence-corrected chi connectivity index (χ2v) is 10.0. The van der Waals surface area contributed by atoms with Crippen molar-refractivity contribution < 1.29 is 26.4 Å². The first-order valence-electron chi connectivity index (χ1n) is 10.9. The highest BCUT2D eigenvalue weighted by Crippen LogP contribution is 2.24. The Bertz CT molecular complexity index is 826. The Kier molecular flexibility index (Phi) is 7.85. The average molecular weight is 462 g/mol. The lowest BCUT2D eigenvalue weighted by molar-refractivity contribution is -0.185. The van der Waals surface area contributed by atoms with E-state index in [1.807, 2.05) is 4.90 Å². The zero-order valence-electron chi connectivity index (χ0n) is 17.5. The average Bonchev–Trinajstić information content (AvgIpc) is 2.86. The number of sulfonamides is 1. The molecule has 0 radical (unpaired) electrons. The minimum atomic E-state index is -4.86. The summed E-state index contributed by atoms with van der Waals surface area (Å²) >= 11 is 0. The summed E-state index contributed by atoms with van der Waals surface area (Å²) in [6.07, 6.45) is 3.56. The molecule has 3 rings (SSSR count). The van der Waals surface area contributed by atoms with E-state index < -0.39 is 22.1 Å². The van der Waals surface area contributed by atoms with Crippen molar-refractivity contribution in [2.75, 3.05) is 31.1 Å². The first-order valence-corrected chi connectivity index (χ1v) is 12.4. The van der Waals surface area contributed by atoms with Crippen LogP contribution >= 0.6 is 0 Å². The number of nitrogens with zero attached hydrogens (tertiary/aromatic N) is 2. The molecular formula is C21H30F3N3O3S. The molecule has 0 atom stereocenters. The fraction of sp³-hybridized carbons (Fsp3) is 0.667. The van der Waals surface area contributed by atoms with E-state index in [-0.39, 0.29) is 37.1 Å². The Labute approximate surface area is 181 Å². The lowest BCUT2D eigenvalue weighted by Gasteiger charge is -2.36. The van der Waals surface area contributed by atoms with Crippen molar-refractivity contribution in [1.82, 2.24) is 9.62 Å². The first-order chi connectivity index (χ1) is 14.7. The number of carbonyl (C=O) groups is 1. The number of rotatable bonds is 4. The Hall–Kier alpha value is -1.81. The van der Waals surface area contributed by atoms with Gasteiger partial charge in [0.2, 0.25) is 10.0 Å². The van der Waals surface area contributed by atoms with Crippen LogP contribution in [0.1, 0.15) is 51.4 Å². The number of anilines is 1. The van der Waals surface area contributed by atoms with E-state index in [2.05, 4.69) is 4.72 Å². The summed E-state index contributed by atoms with van der Waals surface area (Å²) < 4.78 is 66.2. The number of nitrogens with one attached hydrogen (secondary N) is 1. The van der Waals surface area contributed by atoms with Crippen molar-refractivity contribution in [3.8, 4) is 0 Å². The SMILES string of the molecule is O=C(N1CCN(c2ccc(S(=O)(=O)NC3CCCCCCCC3)cc2)CC1)C(F)(F)F. The van der Waals surface area contributed by atoms with Gasteiger partial charge in [-0.2, -0.15) is 13.2 Å². The highest BCUT2D eigenvalue weighted by Gasteiger charge is 2.43. The fourth-order valence-corrected chi connectivity index (χ4v) is 5.53. The lowest BCUT2D eigenvalue weighted by atomic mass is 10.1. The van der Waals surface area contributed by atoms with Gasteiger partial charge in [0.05, 0.1) is 4.90 Å². The maximum Gasteiger partial charge on any atom is 0.471 e. The zero-order valence-corrected chi connectivity index (χ0v) is 18.3. The molecule has 0 bridgehead atoms. The maximum atomic E-state index is 12.8. The Morgan fingerprint density at radius 2 is 1.39 bits per heavy atom. The predicted octanol–water partition coefficient (Wildman–Crippen LogP) is 3.68. The van der Waals surface area contributed by atoms with Gasteiger partial charge in [0.25, 0.3) is 0 Å². The van der Waals surface area contributed by atoms with Crippen LogP contribution in [0.5, 0.6) is 0 Å². The molecule has 10 heteroatoms. The van der Waals surface area contributed by atoms with Gasteiger partial charge in [-0.15, -0.1) is 0 Å². The van der Waals surface area contributed by atoms with Crippen molar-refractivity contribution in [2.24, 2.45) is 0 Å². The third-order valence-corrected chi connectivity index (χ3v) is 7.53. The molecule has 0 spiro atoms. The largest absolute Gasteiger partial charge is 0.471 e. The van der Waals surface area contributed by atoms with Gasteiger partial charge in [0.1, 0.15) is 0 Å². The summed E-state index contributed by atoms with van der Waals surface area (Å²) in [7, 11) is -3.63. The number of benzene rings is 1. The standard InChI is InChI=1S/C21H30F3N3O3S/c22-21(23,24)20(28)27-15-13-26(14-16-27)18-9-11-19(12-10-18)31(29,30)25-17-7-5-3-1-2-4-6-8-17/h9-12,17,25H,1-8,13-16H2. The molecule has 1 aliphatic carbocycles. The zero-order chi connectivity index (χ0) is 22.5. The molecule has 1 aromatic carbocycles. The minimum Gasteiger partial charge on any atom is -0.368 e. The molecule has 1 aromatic rings. The van der Waals surface area contributed by atoms with Crippen LogP contribution in [-0.4, -0.2) is 57.6 Å². The maximum absolute atomic E-state index is 12.8. The Morgan fingerprint density at radius 1 is 0.871 bits per heavy atom. The van der Waals surface area contributed by atoms with E-state index in [0.717, 1.165) is 49.1 Å². The van der Waals surface area contributed by atoms with Gasteiger partial charge in [-0.05, 0) is 37.1 Å². The smallest absolute Gasteiger partial charge is 0.368 e. The van der Waals surface area contributed by atoms with Crippen molar-refractivity contribution >= 4 is 21.6 Å². The molecule has 31 heavy (non-hydrogen) atoms. The highest BCUT2D eigenvalue weighted by molar-refractivity contribution is 7.89. The summed E-state index contributed by atoms with van der Waals surface area (Å²) in [5, 5.41) is 0. The predicted molar refractivity (Wildman–Crippen MR) is 112 cm³/mol. The second-order valence-electron chi connectivity index (χ2n) is 8.29. The van der Waals surface area contributed by atoms with Gasteiger partial charge in [0, 0.05) is 37.9 Å². The molecule has 1 heterocycles. The number of hydrogen-bond donors (Lipinski definition) is 1. The van der Waals surface area contributed by atoms with Crippen LogP contribution in [0, 0.1) is 0 Å². The first kappa shape index (κ1) is 23.8. The molecule has 1 saturated heterocycles. The lowest BCUT2D eigenvalue weighted by Crippen LogP contribution is -2.52. The Balaban J connectivity index is 1.58. The molecule has 174 valence electrons. The van der Waals surface area contributed by atoms with Gasteiger partial charge < -0.3 is 9.80 Å². The summed E-state index contributed by atoms with van der Waals surface area (Å²) in [6, 6.07) is 6.33. The second kappa shape index (κ2) is 10.2. The summed E-state index contributed by atoms with van der Waals surface area (Å²) in [4.78, 5) is 14.2. The van der Waals surface area contributed by atoms with Crippen LogP contribution in [0.2, 0.25) is 0 Å². The van der Waals surface area contributed by atoms with E-state index in [4.69, 9.17) is 0 Å². The van der Waals surface area contributed by atoms with Crippen LogP contribution in [0.4, 0.5) is 18.9 Å². The normalized spacial score (nSPS) is 20.1. The van der Waals surface area contributed by atoms with E-state index in [9.17, 15) is 26.4 Å². The number of amides is 1. The Morgan fingerprint density at radius 3 is 1.90 bits per heavy atom. The molecule has 1 aliphatic heterocycles. The number of hydrogen-bond acceptors (Lipinski definition) is 4. The summed E-state index contributed by atoms with van der Waals surface area (Å²) in [5.41, 5.74) is 0.723. The number of carbonyl (C=O) groups excluding carboxylic acids is 1. The fourth-order valence-electron chi connectivity index (χ4n) is 4.22. The molecule has 6 nitrogen and oxygen atoms in total. The quantitative estimate of drug-likeness (QED) is 0.743. The van der Waals surface area contributed by atoms with E-state index >= 15 is 0 Å². The highest BCUT2D eigenvalue weighted by atomic mass is 32.2. The third-order valence-electron chi connectivity index (χ3n) is 6.00. The van der Waals surface area contributed by atoms with Gasteiger partial charge in [-0.25, -0.2) is 13.1 Å². The van der Waals surface area contributed by atoms with Crippen LogP contribution in [0.25, 0.3) is 0 Å². The van der Waals surface area contributed by atoms with Crippen LogP contribution in [0.3, 0.4) is 0 Å². The van der Waals surface area contributed by atoms with E-state index in [1.165, 1.54) is 25.0 Å². The molecular weight excluding hydrogens is 431 g/mol. The van der Waals surface area contributed by atoms with Crippen molar-refractivity contribution in [2.45, 2.75) is 68.5 Å². The topological polar surface area (TPSA) is 69.7 Å². The summed E-state index contributed by atoms with van der Waals surface area (Å²) in [5.74, 6) is -1.82. The molecule has 1 N–H and O–H groups in total. The van der Waals surface area contributed by atoms with Gasteiger partial charge in [-0.1, -0.05) is 38.5 Å². The van der Waals surface area contributed by atoms with Crippen LogP contribution in [-0.2, 0) is 14.8 Å². The molecule has 0 unspecified atom stereocenters. The van der Waals surface area contributed by atoms with Gasteiger partial charge in [0.15, 0.2) is 0 Å². The van der Waals surface area contributed by atoms with E-state index in [1.54, 1.807) is 12.1 Å². The molecule has 0 aromatic heterocycles.